The number of anilines is 2. The summed E-state index contributed by atoms with van der Waals surface area (Å²) in [7, 11) is 5.25. The van der Waals surface area contributed by atoms with Crippen molar-refractivity contribution in [3.8, 4) is 11.5 Å². The zero-order chi connectivity index (χ0) is 25.8. The fourth-order valence-electron chi connectivity index (χ4n) is 3.83. The lowest BCUT2D eigenvalue weighted by Crippen LogP contribution is -2.19. The molecule has 0 aliphatic rings. The molecule has 35 heavy (non-hydrogen) atoms. The maximum absolute atomic E-state index is 13.5. The van der Waals surface area contributed by atoms with Crippen molar-refractivity contribution < 1.29 is 14.3 Å². The smallest absolute Gasteiger partial charge is 0.272 e. The topological polar surface area (TPSA) is 77.4 Å². The summed E-state index contributed by atoms with van der Waals surface area (Å²) in [5.41, 5.74) is 4.32. The van der Waals surface area contributed by atoms with Gasteiger partial charge in [-0.3, -0.25) is 9.78 Å². The lowest BCUT2D eigenvalue weighted by molar-refractivity contribution is 0.101. The first kappa shape index (κ1) is 25.6. The molecule has 184 valence electrons. The Morgan fingerprint density at radius 1 is 1.20 bits per heavy atom. The minimum absolute atomic E-state index is 0.115. The molecule has 0 aliphatic heterocycles. The van der Waals surface area contributed by atoms with Crippen LogP contribution in [-0.2, 0) is 12.5 Å². The Hall–Kier alpha value is -4.00. The van der Waals surface area contributed by atoms with E-state index in [-0.39, 0.29) is 11.3 Å². The van der Waals surface area contributed by atoms with Crippen LogP contribution in [0, 0.1) is 0 Å². The summed E-state index contributed by atoms with van der Waals surface area (Å²) in [5, 5.41) is 6.22. The largest absolute Gasteiger partial charge is 0.492 e. The van der Waals surface area contributed by atoms with Gasteiger partial charge in [-0.15, -0.1) is 0 Å². The molecule has 3 rings (SSSR count). The van der Waals surface area contributed by atoms with Crippen LogP contribution in [0.25, 0.3) is 11.8 Å². The summed E-state index contributed by atoms with van der Waals surface area (Å²) in [6.45, 7) is 12.2. The summed E-state index contributed by atoms with van der Waals surface area (Å²) in [5.74, 6) is 1.50. The zero-order valence-electron chi connectivity index (χ0n) is 21.5. The van der Waals surface area contributed by atoms with Crippen molar-refractivity contribution in [3.05, 3.63) is 77.9 Å². The fourth-order valence-corrected chi connectivity index (χ4v) is 3.83. The third-order valence-corrected chi connectivity index (χ3v) is 5.75. The van der Waals surface area contributed by atoms with Gasteiger partial charge in [0.25, 0.3) is 5.91 Å². The number of carbonyl (C=O) groups excluding carboxylic acids is 1. The number of aromatic nitrogens is 2. The molecular formula is C28H34N4O3. The number of methoxy groups -OCH3 is 1. The van der Waals surface area contributed by atoms with Crippen LogP contribution in [0.3, 0.4) is 0 Å². The highest BCUT2D eigenvalue weighted by Gasteiger charge is 2.24. The highest BCUT2D eigenvalue weighted by atomic mass is 16.5. The number of carbonyl (C=O) groups is 1. The summed E-state index contributed by atoms with van der Waals surface area (Å²) in [6.07, 6.45) is 6.89. The van der Waals surface area contributed by atoms with E-state index in [0.29, 0.717) is 28.6 Å². The SMILES string of the molecule is C=Cc1cc(C(=O)Nc2cc(C(C)(C)C)cc(NC)c2OC)n(C)c1/C(=C\C)Oc1cccnc1. The van der Waals surface area contributed by atoms with Gasteiger partial charge in [0.2, 0.25) is 0 Å². The quantitative estimate of drug-likeness (QED) is 0.386. The number of nitrogens with zero attached hydrogens (tertiary/aromatic N) is 2. The molecule has 0 bridgehead atoms. The molecule has 0 saturated heterocycles. The van der Waals surface area contributed by atoms with Crippen LogP contribution in [0.5, 0.6) is 11.5 Å². The van der Waals surface area contributed by atoms with Crippen LogP contribution < -0.4 is 20.1 Å². The first-order chi connectivity index (χ1) is 16.6. The van der Waals surface area contributed by atoms with Crippen molar-refractivity contribution in [1.29, 1.82) is 0 Å². The van der Waals surface area contributed by atoms with E-state index in [9.17, 15) is 4.79 Å². The number of hydrogen-bond acceptors (Lipinski definition) is 5. The molecule has 2 N–H and O–H groups in total. The van der Waals surface area contributed by atoms with E-state index in [1.165, 1.54) is 0 Å². The lowest BCUT2D eigenvalue weighted by atomic mass is 9.86. The van der Waals surface area contributed by atoms with Crippen LogP contribution in [0.15, 0.2) is 55.4 Å². The van der Waals surface area contributed by atoms with E-state index >= 15 is 0 Å². The van der Waals surface area contributed by atoms with Crippen molar-refractivity contribution in [1.82, 2.24) is 9.55 Å². The number of nitrogens with one attached hydrogen (secondary N) is 2. The van der Waals surface area contributed by atoms with Gasteiger partial charge in [0.1, 0.15) is 17.2 Å². The number of hydrogen-bond donors (Lipinski definition) is 2. The third-order valence-electron chi connectivity index (χ3n) is 5.75. The van der Waals surface area contributed by atoms with Gasteiger partial charge >= 0.3 is 0 Å². The normalized spacial score (nSPS) is 11.7. The molecule has 7 nitrogen and oxygen atoms in total. The van der Waals surface area contributed by atoms with Crippen molar-refractivity contribution in [2.45, 2.75) is 33.1 Å². The number of pyridine rings is 1. The summed E-state index contributed by atoms with van der Waals surface area (Å²) in [6, 6.07) is 9.43. The fraction of sp³-hybridized carbons (Fsp3) is 0.286. The first-order valence-electron chi connectivity index (χ1n) is 11.4. The van der Waals surface area contributed by atoms with Crippen molar-refractivity contribution in [3.63, 3.8) is 0 Å². The first-order valence-corrected chi connectivity index (χ1v) is 11.4. The van der Waals surface area contributed by atoms with Gasteiger partial charge in [-0.1, -0.05) is 33.4 Å². The van der Waals surface area contributed by atoms with Gasteiger partial charge in [0.15, 0.2) is 5.75 Å². The highest BCUT2D eigenvalue weighted by molar-refractivity contribution is 6.05. The molecule has 2 aromatic heterocycles. The molecule has 0 saturated carbocycles. The van der Waals surface area contributed by atoms with Crippen molar-refractivity contribution >= 4 is 29.1 Å². The summed E-state index contributed by atoms with van der Waals surface area (Å²) < 4.78 is 13.5. The Morgan fingerprint density at radius 3 is 2.46 bits per heavy atom. The minimum atomic E-state index is -0.273. The summed E-state index contributed by atoms with van der Waals surface area (Å²) in [4.78, 5) is 17.6. The Labute approximate surface area is 207 Å². The van der Waals surface area contributed by atoms with Gasteiger partial charge in [-0.25, -0.2) is 0 Å². The molecule has 3 aromatic rings. The van der Waals surface area contributed by atoms with E-state index in [2.05, 4.69) is 43.0 Å². The molecule has 0 aliphatic carbocycles. The van der Waals surface area contributed by atoms with Gasteiger partial charge in [0, 0.05) is 25.9 Å². The van der Waals surface area contributed by atoms with E-state index < -0.39 is 0 Å². The Morgan fingerprint density at radius 2 is 1.91 bits per heavy atom. The number of ether oxygens (including phenoxy) is 2. The molecule has 0 radical (unpaired) electrons. The Balaban J connectivity index is 2.02. The average Bonchev–Trinajstić information content (AvgIpc) is 3.18. The standard InChI is InChI=1S/C28H34N4O3/c1-9-18-14-23(32(7)25(18)24(10-2)35-20-12-11-13-30-17-20)27(33)31-22-16-19(28(3,4)5)15-21(29-6)26(22)34-8/h9-17,29H,1H2,2-8H3,(H,31,33)/b24-10+. The predicted molar refractivity (Wildman–Crippen MR) is 143 cm³/mol. The number of benzene rings is 1. The van der Waals surface area contributed by atoms with E-state index in [1.54, 1.807) is 42.3 Å². The maximum atomic E-state index is 13.5. The second-order valence-electron chi connectivity index (χ2n) is 9.10. The van der Waals surface area contributed by atoms with E-state index in [1.807, 2.05) is 45.3 Å². The molecule has 0 unspecified atom stereocenters. The van der Waals surface area contributed by atoms with Gasteiger partial charge in [0.05, 0.1) is 30.4 Å². The average molecular weight is 475 g/mol. The molecule has 0 fully saturated rings. The predicted octanol–water partition coefficient (Wildman–Crippen LogP) is 6.10. The Kier molecular flexibility index (Phi) is 7.69. The second-order valence-corrected chi connectivity index (χ2v) is 9.10. The minimum Gasteiger partial charge on any atom is -0.492 e. The number of amides is 1. The maximum Gasteiger partial charge on any atom is 0.272 e. The van der Waals surface area contributed by atoms with Crippen LogP contribution in [-0.4, -0.2) is 29.6 Å². The van der Waals surface area contributed by atoms with Gasteiger partial charge in [-0.05, 0) is 54.3 Å². The molecule has 1 aromatic carbocycles. The summed E-state index contributed by atoms with van der Waals surface area (Å²) >= 11 is 0. The number of allylic oxidation sites excluding steroid dienone is 1. The molecule has 0 spiro atoms. The van der Waals surface area contributed by atoms with E-state index in [0.717, 1.165) is 22.5 Å². The number of rotatable bonds is 8. The van der Waals surface area contributed by atoms with Crippen LogP contribution in [0.4, 0.5) is 11.4 Å². The molecule has 2 heterocycles. The molecule has 0 atom stereocenters. The monoisotopic (exact) mass is 474 g/mol. The van der Waals surface area contributed by atoms with Gasteiger partial charge in [-0.2, -0.15) is 0 Å². The molecule has 7 heteroatoms. The zero-order valence-corrected chi connectivity index (χ0v) is 21.5. The van der Waals surface area contributed by atoms with Crippen LogP contribution in [0.1, 0.15) is 55.0 Å². The molecular weight excluding hydrogens is 440 g/mol. The van der Waals surface area contributed by atoms with Crippen LogP contribution in [0.2, 0.25) is 0 Å². The highest BCUT2D eigenvalue weighted by Crippen LogP contribution is 2.39. The Bertz CT molecular complexity index is 1250. The molecule has 1 amide bonds. The van der Waals surface area contributed by atoms with Gasteiger partial charge < -0.3 is 24.7 Å². The van der Waals surface area contributed by atoms with Crippen molar-refractivity contribution in [2.24, 2.45) is 7.05 Å². The lowest BCUT2D eigenvalue weighted by Gasteiger charge is -2.23. The third kappa shape index (κ3) is 5.40. The van der Waals surface area contributed by atoms with Crippen molar-refractivity contribution in [2.75, 3.05) is 24.8 Å². The van der Waals surface area contributed by atoms with E-state index in [4.69, 9.17) is 9.47 Å². The van der Waals surface area contributed by atoms with Crippen LogP contribution >= 0.6 is 0 Å². The second kappa shape index (κ2) is 10.5.